The first-order valence-electron chi connectivity index (χ1n) is 15.4. The smallest absolute Gasteiger partial charge is 0.139 e. The van der Waals surface area contributed by atoms with Gasteiger partial charge >= 0.3 is 0 Å². The highest BCUT2D eigenvalue weighted by molar-refractivity contribution is 7.26. The van der Waals surface area contributed by atoms with Gasteiger partial charge in [0.05, 0.1) is 28.2 Å². The van der Waals surface area contributed by atoms with Crippen LogP contribution in [-0.2, 0) is 0 Å². The number of thiophene rings is 1. The van der Waals surface area contributed by atoms with E-state index in [1.165, 1.54) is 63.6 Å². The van der Waals surface area contributed by atoms with Gasteiger partial charge in [0.1, 0.15) is 5.82 Å². The molecule has 0 radical (unpaired) electrons. The Hall–Kier alpha value is -6.02. The molecule has 7 aromatic carbocycles. The molecule has 0 amide bonds. The van der Waals surface area contributed by atoms with Crippen LogP contribution in [-0.4, -0.2) is 9.55 Å². The number of hydrogen-bond donors (Lipinski definition) is 0. The van der Waals surface area contributed by atoms with Gasteiger partial charge in [-0.1, -0.05) is 91.0 Å². The molecule has 0 saturated heterocycles. The SMILES string of the molecule is N#Cc1cc(-n2c3ccc(-c4ccc5sc6ccc7ccccc7c6c5c4)cc3c3c4ccccc4ccc32)nc2ccccc12. The molecular weight excluding hydrogens is 579 g/mol. The molecule has 0 aliphatic carbocycles. The predicted octanol–water partition coefficient (Wildman–Crippen LogP) is 11.5. The molecular formula is C42H23N3S. The van der Waals surface area contributed by atoms with Gasteiger partial charge in [0.15, 0.2) is 0 Å². The lowest BCUT2D eigenvalue weighted by atomic mass is 9.98. The molecule has 3 heterocycles. The second kappa shape index (κ2) is 9.49. The molecule has 0 spiro atoms. The zero-order valence-corrected chi connectivity index (χ0v) is 25.3. The largest absolute Gasteiger partial charge is 0.294 e. The summed E-state index contributed by atoms with van der Waals surface area (Å²) in [4.78, 5) is 5.08. The third-order valence-electron chi connectivity index (χ3n) is 9.40. The van der Waals surface area contributed by atoms with Crippen molar-refractivity contribution in [2.45, 2.75) is 0 Å². The molecule has 0 bridgehead atoms. The number of rotatable bonds is 2. The number of aromatic nitrogens is 2. The Morgan fingerprint density at radius 1 is 0.522 bits per heavy atom. The van der Waals surface area contributed by atoms with E-state index in [4.69, 9.17) is 4.98 Å². The molecule has 10 rings (SSSR count). The van der Waals surface area contributed by atoms with Crippen LogP contribution >= 0.6 is 11.3 Å². The van der Waals surface area contributed by atoms with Crippen LogP contribution in [0.5, 0.6) is 0 Å². The molecule has 4 heteroatoms. The van der Waals surface area contributed by atoms with Crippen LogP contribution in [0.3, 0.4) is 0 Å². The Balaban J connectivity index is 1.27. The van der Waals surface area contributed by atoms with E-state index in [-0.39, 0.29) is 0 Å². The van der Waals surface area contributed by atoms with Crippen molar-refractivity contribution < 1.29 is 0 Å². The fourth-order valence-corrected chi connectivity index (χ4v) is 8.41. The van der Waals surface area contributed by atoms with Crippen LogP contribution in [0.1, 0.15) is 5.56 Å². The van der Waals surface area contributed by atoms with E-state index in [0.717, 1.165) is 27.8 Å². The Bertz CT molecular complexity index is 2940. The molecule has 0 fully saturated rings. The number of pyridine rings is 1. The van der Waals surface area contributed by atoms with E-state index < -0.39 is 0 Å². The molecule has 3 aromatic heterocycles. The average molecular weight is 602 g/mol. The van der Waals surface area contributed by atoms with E-state index in [9.17, 15) is 5.26 Å². The fourth-order valence-electron chi connectivity index (χ4n) is 7.31. The molecule has 0 saturated carbocycles. The van der Waals surface area contributed by atoms with Gasteiger partial charge in [-0.15, -0.1) is 11.3 Å². The van der Waals surface area contributed by atoms with Gasteiger partial charge in [0.2, 0.25) is 0 Å². The summed E-state index contributed by atoms with van der Waals surface area (Å²) in [6.07, 6.45) is 0. The number of nitrogens with zero attached hydrogens (tertiary/aromatic N) is 3. The summed E-state index contributed by atoms with van der Waals surface area (Å²) in [6.45, 7) is 0. The zero-order chi connectivity index (χ0) is 30.4. The van der Waals surface area contributed by atoms with Crippen molar-refractivity contribution in [1.29, 1.82) is 5.26 Å². The van der Waals surface area contributed by atoms with E-state index in [0.29, 0.717) is 5.56 Å². The summed E-state index contributed by atoms with van der Waals surface area (Å²) < 4.78 is 4.83. The first-order valence-corrected chi connectivity index (χ1v) is 16.2. The van der Waals surface area contributed by atoms with Crippen molar-refractivity contribution in [1.82, 2.24) is 9.55 Å². The second-order valence-corrected chi connectivity index (χ2v) is 13.0. The number of nitriles is 1. The summed E-state index contributed by atoms with van der Waals surface area (Å²) in [5.41, 5.74) is 5.94. The highest BCUT2D eigenvalue weighted by Gasteiger charge is 2.18. The van der Waals surface area contributed by atoms with Crippen LogP contribution in [0.25, 0.3) is 91.4 Å². The molecule has 0 N–H and O–H groups in total. The van der Waals surface area contributed by atoms with Gasteiger partial charge in [0, 0.05) is 36.3 Å². The topological polar surface area (TPSA) is 41.6 Å². The third kappa shape index (κ3) is 3.55. The number of para-hydroxylation sites is 1. The van der Waals surface area contributed by atoms with Gasteiger partial charge < -0.3 is 0 Å². The summed E-state index contributed by atoms with van der Waals surface area (Å²) in [5, 5.41) is 20.9. The molecule has 0 atom stereocenters. The third-order valence-corrected chi connectivity index (χ3v) is 10.5. The van der Waals surface area contributed by atoms with E-state index in [1.54, 1.807) is 0 Å². The minimum atomic E-state index is 0.622. The fraction of sp³-hybridized carbons (Fsp3) is 0. The zero-order valence-electron chi connectivity index (χ0n) is 24.5. The van der Waals surface area contributed by atoms with Crippen molar-refractivity contribution in [2.24, 2.45) is 0 Å². The number of fused-ring (bicyclic) bond motifs is 11. The van der Waals surface area contributed by atoms with E-state index in [2.05, 4.69) is 120 Å². The first-order chi connectivity index (χ1) is 22.7. The van der Waals surface area contributed by atoms with Crippen LogP contribution in [0.2, 0.25) is 0 Å². The number of benzene rings is 7. The molecule has 10 aromatic rings. The quantitative estimate of drug-likeness (QED) is 0.198. The van der Waals surface area contributed by atoms with Crippen molar-refractivity contribution in [2.75, 3.05) is 0 Å². The number of hydrogen-bond acceptors (Lipinski definition) is 3. The molecule has 3 nitrogen and oxygen atoms in total. The predicted molar refractivity (Wildman–Crippen MR) is 194 cm³/mol. The molecule has 0 aliphatic heterocycles. The Kier molecular flexibility index (Phi) is 5.22. The second-order valence-electron chi connectivity index (χ2n) is 11.9. The van der Waals surface area contributed by atoms with Crippen molar-refractivity contribution in [3.63, 3.8) is 0 Å². The monoisotopic (exact) mass is 601 g/mol. The van der Waals surface area contributed by atoms with Crippen LogP contribution < -0.4 is 0 Å². The van der Waals surface area contributed by atoms with Crippen molar-refractivity contribution in [3.05, 3.63) is 145 Å². The Morgan fingerprint density at radius 3 is 1.96 bits per heavy atom. The van der Waals surface area contributed by atoms with Gasteiger partial charge in [-0.25, -0.2) is 4.98 Å². The lowest BCUT2D eigenvalue weighted by Gasteiger charge is -2.10. The summed E-state index contributed by atoms with van der Waals surface area (Å²) >= 11 is 1.86. The molecule has 212 valence electrons. The molecule has 0 aliphatic rings. The summed E-state index contributed by atoms with van der Waals surface area (Å²) in [6, 6.07) is 52.0. The normalized spacial score (nSPS) is 11.9. The van der Waals surface area contributed by atoms with Crippen molar-refractivity contribution >= 4 is 85.8 Å². The first kappa shape index (κ1) is 25.3. The van der Waals surface area contributed by atoms with Gasteiger partial charge in [-0.05, 0) is 81.2 Å². The lowest BCUT2D eigenvalue weighted by molar-refractivity contribution is 1.10. The van der Waals surface area contributed by atoms with Crippen LogP contribution in [0.15, 0.2) is 140 Å². The molecule has 46 heavy (non-hydrogen) atoms. The summed E-state index contributed by atoms with van der Waals surface area (Å²) in [7, 11) is 0. The molecule has 0 unspecified atom stereocenters. The Morgan fingerprint density at radius 2 is 1.15 bits per heavy atom. The van der Waals surface area contributed by atoms with Gasteiger partial charge in [0.25, 0.3) is 0 Å². The maximum absolute atomic E-state index is 10.1. The van der Waals surface area contributed by atoms with E-state index in [1.807, 2.05) is 41.7 Å². The lowest BCUT2D eigenvalue weighted by Crippen LogP contribution is -1.99. The minimum Gasteiger partial charge on any atom is -0.294 e. The standard InChI is InChI=1S/C42H23N3S/c43-24-29-23-40(44-35-12-6-5-9-30(29)35)45-36-17-14-27(21-33(36)41-31-10-3-1-7-25(31)13-18-37(41)45)28-16-19-38-34(22-28)42-32-11-4-2-8-26(32)15-20-39(42)46-38/h1-23H. The highest BCUT2D eigenvalue weighted by Crippen LogP contribution is 2.42. The van der Waals surface area contributed by atoms with E-state index >= 15 is 0 Å². The van der Waals surface area contributed by atoms with Crippen LogP contribution in [0.4, 0.5) is 0 Å². The van der Waals surface area contributed by atoms with Crippen LogP contribution in [0, 0.1) is 11.3 Å². The van der Waals surface area contributed by atoms with Gasteiger partial charge in [-0.2, -0.15) is 5.26 Å². The summed E-state index contributed by atoms with van der Waals surface area (Å²) in [5.74, 6) is 0.747. The van der Waals surface area contributed by atoms with Gasteiger partial charge in [-0.3, -0.25) is 4.57 Å². The minimum absolute atomic E-state index is 0.622. The Labute approximate surface area is 267 Å². The van der Waals surface area contributed by atoms with Crippen molar-refractivity contribution in [3.8, 4) is 23.0 Å². The maximum atomic E-state index is 10.1. The highest BCUT2D eigenvalue weighted by atomic mass is 32.1. The average Bonchev–Trinajstić information content (AvgIpc) is 3.66. The maximum Gasteiger partial charge on any atom is 0.139 e.